The average Bonchev–Trinajstić information content (AvgIpc) is 2.94. The Morgan fingerprint density at radius 2 is 2.24 bits per heavy atom. The van der Waals surface area contributed by atoms with Gasteiger partial charge in [0.2, 0.25) is 0 Å². The summed E-state index contributed by atoms with van der Waals surface area (Å²) in [5.74, 6) is 0.786. The van der Waals surface area contributed by atoms with Gasteiger partial charge in [-0.1, -0.05) is 17.3 Å². The van der Waals surface area contributed by atoms with Gasteiger partial charge in [0.05, 0.1) is 12.8 Å². The molecule has 5 heteroatoms. The normalized spacial score (nSPS) is 19.9. The highest BCUT2D eigenvalue weighted by Crippen LogP contribution is 2.22. The lowest BCUT2D eigenvalue weighted by Crippen LogP contribution is -2.44. The summed E-state index contributed by atoms with van der Waals surface area (Å²) < 4.78 is 5.21. The van der Waals surface area contributed by atoms with Crippen LogP contribution in [-0.4, -0.2) is 42.2 Å². The summed E-state index contributed by atoms with van der Waals surface area (Å²) in [6.07, 6.45) is -0.294. The van der Waals surface area contributed by atoms with Gasteiger partial charge in [-0.3, -0.25) is 0 Å². The Morgan fingerprint density at radius 3 is 2.90 bits per heavy atom. The molecular weight excluding hydrogens is 268 g/mol. The zero-order chi connectivity index (χ0) is 15.5. The van der Waals surface area contributed by atoms with Gasteiger partial charge in [-0.05, 0) is 32.9 Å². The molecule has 0 amide bonds. The smallest absolute Gasteiger partial charge is 0.160 e. The minimum absolute atomic E-state index is 0.0317. The molecule has 5 nitrogen and oxygen atoms in total. The summed E-state index contributed by atoms with van der Waals surface area (Å²) in [7, 11) is 1.64. The summed E-state index contributed by atoms with van der Waals surface area (Å²) >= 11 is 0. The zero-order valence-corrected chi connectivity index (χ0v) is 13.1. The Bertz CT molecular complexity index is 508. The van der Waals surface area contributed by atoms with Crippen molar-refractivity contribution in [3.8, 4) is 5.75 Å². The monoisotopic (exact) mass is 292 g/mol. The molecule has 0 unspecified atom stereocenters. The first kappa shape index (κ1) is 15.8. The molecule has 1 heterocycles. The van der Waals surface area contributed by atoms with Crippen LogP contribution in [-0.2, 0) is 4.84 Å². The van der Waals surface area contributed by atoms with E-state index in [0.717, 1.165) is 17.0 Å². The molecule has 1 aromatic rings. The first-order valence-electron chi connectivity index (χ1n) is 7.19. The van der Waals surface area contributed by atoms with Crippen LogP contribution in [0.4, 0.5) is 0 Å². The van der Waals surface area contributed by atoms with Gasteiger partial charge in [0.1, 0.15) is 11.9 Å². The molecule has 1 aliphatic rings. The quantitative estimate of drug-likeness (QED) is 0.870. The predicted octanol–water partition coefficient (Wildman–Crippen LogP) is 1.94. The van der Waals surface area contributed by atoms with Crippen molar-refractivity contribution in [3.63, 3.8) is 0 Å². The first-order valence-corrected chi connectivity index (χ1v) is 7.19. The van der Waals surface area contributed by atoms with Crippen LogP contribution in [0.3, 0.4) is 0 Å². The summed E-state index contributed by atoms with van der Waals surface area (Å²) in [5.41, 5.74) is 1.78. The van der Waals surface area contributed by atoms with Crippen LogP contribution in [0.1, 0.15) is 32.8 Å². The van der Waals surface area contributed by atoms with Crippen molar-refractivity contribution < 1.29 is 14.7 Å². The number of methoxy groups -OCH3 is 1. The first-order chi connectivity index (χ1) is 9.89. The molecule has 1 aromatic carbocycles. The molecule has 0 saturated heterocycles. The highest BCUT2D eigenvalue weighted by molar-refractivity contribution is 6.01. The molecule has 2 atom stereocenters. The minimum Gasteiger partial charge on any atom is -0.497 e. The molecule has 0 bridgehead atoms. The standard InChI is InChI=1S/C16H24N2O3/c1-16(2,3)17-10-14(19)15-9-13(18-21-15)11-6-5-7-12(8-11)20-4/h5-8,14-15,17,19H,9-10H2,1-4H3/t14-,15-/m0/s1. The van der Waals surface area contributed by atoms with Crippen LogP contribution in [0.2, 0.25) is 0 Å². The van der Waals surface area contributed by atoms with E-state index in [4.69, 9.17) is 9.57 Å². The lowest BCUT2D eigenvalue weighted by atomic mass is 10.0. The second-order valence-corrected chi connectivity index (χ2v) is 6.32. The molecule has 2 rings (SSSR count). The van der Waals surface area contributed by atoms with E-state index in [2.05, 4.69) is 31.2 Å². The third-order valence-corrected chi connectivity index (χ3v) is 3.37. The Morgan fingerprint density at radius 1 is 1.48 bits per heavy atom. The van der Waals surface area contributed by atoms with Crippen molar-refractivity contribution in [1.82, 2.24) is 5.32 Å². The summed E-state index contributed by atoms with van der Waals surface area (Å²) in [4.78, 5) is 5.38. The number of nitrogens with one attached hydrogen (secondary N) is 1. The molecule has 0 aromatic heterocycles. The molecule has 116 valence electrons. The van der Waals surface area contributed by atoms with Crippen molar-refractivity contribution in [1.29, 1.82) is 0 Å². The molecule has 0 aliphatic carbocycles. The van der Waals surface area contributed by atoms with Crippen molar-refractivity contribution in [2.24, 2.45) is 5.16 Å². The van der Waals surface area contributed by atoms with E-state index in [9.17, 15) is 5.11 Å². The molecular formula is C16H24N2O3. The number of oxime groups is 1. The lowest BCUT2D eigenvalue weighted by molar-refractivity contribution is -0.0181. The number of aliphatic hydroxyl groups is 1. The highest BCUT2D eigenvalue weighted by atomic mass is 16.7. The Hall–Kier alpha value is -1.59. The van der Waals surface area contributed by atoms with Crippen LogP contribution < -0.4 is 10.1 Å². The van der Waals surface area contributed by atoms with Crippen molar-refractivity contribution in [2.45, 2.75) is 44.9 Å². The molecule has 1 aliphatic heterocycles. The van der Waals surface area contributed by atoms with E-state index in [0.29, 0.717) is 13.0 Å². The number of benzene rings is 1. The highest BCUT2D eigenvalue weighted by Gasteiger charge is 2.29. The van der Waals surface area contributed by atoms with Gasteiger partial charge >= 0.3 is 0 Å². The van der Waals surface area contributed by atoms with Crippen LogP contribution in [0.25, 0.3) is 0 Å². The van der Waals surface area contributed by atoms with Gasteiger partial charge < -0.3 is 20.0 Å². The molecule has 0 fully saturated rings. The number of ether oxygens (including phenoxy) is 1. The number of hydrogen-bond donors (Lipinski definition) is 2. The fourth-order valence-electron chi connectivity index (χ4n) is 2.12. The number of hydrogen-bond acceptors (Lipinski definition) is 5. The minimum atomic E-state index is -0.587. The average molecular weight is 292 g/mol. The maximum atomic E-state index is 10.2. The van der Waals surface area contributed by atoms with Crippen molar-refractivity contribution in [2.75, 3.05) is 13.7 Å². The summed E-state index contributed by atoms with van der Waals surface area (Å²) in [6, 6.07) is 7.69. The summed E-state index contributed by atoms with van der Waals surface area (Å²) in [6.45, 7) is 6.67. The van der Waals surface area contributed by atoms with Gasteiger partial charge in [0, 0.05) is 24.1 Å². The van der Waals surface area contributed by atoms with Crippen LogP contribution in [0.5, 0.6) is 5.75 Å². The SMILES string of the molecule is COc1cccc(C2=NO[C@H]([C@@H](O)CNC(C)(C)C)C2)c1. The maximum absolute atomic E-state index is 10.2. The predicted molar refractivity (Wildman–Crippen MR) is 82.8 cm³/mol. The molecule has 0 spiro atoms. The number of aliphatic hydroxyl groups excluding tert-OH is 1. The Labute approximate surface area is 125 Å². The Kier molecular flexibility index (Phi) is 4.85. The zero-order valence-electron chi connectivity index (χ0n) is 13.1. The second kappa shape index (κ2) is 6.45. The van der Waals surface area contributed by atoms with Gasteiger partial charge in [-0.25, -0.2) is 0 Å². The largest absolute Gasteiger partial charge is 0.497 e. The molecule has 2 N–H and O–H groups in total. The number of rotatable bonds is 5. The third-order valence-electron chi connectivity index (χ3n) is 3.37. The molecule has 0 radical (unpaired) electrons. The van der Waals surface area contributed by atoms with Gasteiger partial charge in [-0.2, -0.15) is 0 Å². The van der Waals surface area contributed by atoms with Gasteiger partial charge in [-0.15, -0.1) is 0 Å². The fourth-order valence-corrected chi connectivity index (χ4v) is 2.12. The van der Waals surface area contributed by atoms with E-state index in [1.165, 1.54) is 0 Å². The van der Waals surface area contributed by atoms with E-state index < -0.39 is 6.10 Å². The number of nitrogens with zero attached hydrogens (tertiary/aromatic N) is 1. The van der Waals surface area contributed by atoms with Crippen molar-refractivity contribution in [3.05, 3.63) is 29.8 Å². The second-order valence-electron chi connectivity index (χ2n) is 6.32. The van der Waals surface area contributed by atoms with Crippen molar-refractivity contribution >= 4 is 5.71 Å². The topological polar surface area (TPSA) is 63.1 Å². The van der Waals surface area contributed by atoms with E-state index in [1.54, 1.807) is 7.11 Å². The number of β-amino-alcohol motifs (C(OH)–C–C–N with tert-alkyl or cyclic N) is 1. The maximum Gasteiger partial charge on any atom is 0.160 e. The Balaban J connectivity index is 1.93. The molecule has 0 saturated carbocycles. The molecule has 21 heavy (non-hydrogen) atoms. The van der Waals surface area contributed by atoms with Gasteiger partial charge in [0.15, 0.2) is 6.10 Å². The van der Waals surface area contributed by atoms with Crippen LogP contribution >= 0.6 is 0 Å². The van der Waals surface area contributed by atoms with E-state index >= 15 is 0 Å². The third kappa shape index (κ3) is 4.44. The van der Waals surface area contributed by atoms with E-state index in [1.807, 2.05) is 24.3 Å². The summed E-state index contributed by atoms with van der Waals surface area (Å²) in [5, 5.41) is 17.6. The van der Waals surface area contributed by atoms with Crippen LogP contribution in [0.15, 0.2) is 29.4 Å². The van der Waals surface area contributed by atoms with E-state index in [-0.39, 0.29) is 11.6 Å². The lowest BCUT2D eigenvalue weighted by Gasteiger charge is -2.24. The van der Waals surface area contributed by atoms with Gasteiger partial charge in [0.25, 0.3) is 0 Å². The fraction of sp³-hybridized carbons (Fsp3) is 0.562. The van der Waals surface area contributed by atoms with Crippen LogP contribution in [0, 0.1) is 0 Å².